The summed E-state index contributed by atoms with van der Waals surface area (Å²) in [5.74, 6) is -0.118. The summed E-state index contributed by atoms with van der Waals surface area (Å²) in [5.41, 5.74) is 2.33. The molecule has 1 aliphatic heterocycles. The fourth-order valence-corrected chi connectivity index (χ4v) is 4.68. The van der Waals surface area contributed by atoms with Crippen molar-refractivity contribution in [2.24, 2.45) is 0 Å². The van der Waals surface area contributed by atoms with Crippen LogP contribution in [0.4, 0.5) is 4.79 Å². The van der Waals surface area contributed by atoms with E-state index in [0.29, 0.717) is 10.0 Å². The molecule has 0 radical (unpaired) electrons. The summed E-state index contributed by atoms with van der Waals surface area (Å²) < 4.78 is 6.18. The van der Waals surface area contributed by atoms with Crippen LogP contribution >= 0.6 is 43.6 Å². The van der Waals surface area contributed by atoms with Gasteiger partial charge in [0.1, 0.15) is 28.3 Å². The monoisotopic (exact) mass is 541 g/mol. The molecule has 3 rings (SSSR count). The summed E-state index contributed by atoms with van der Waals surface area (Å²) in [4.78, 5) is 26.2. The van der Waals surface area contributed by atoms with E-state index in [1.54, 1.807) is 0 Å². The second kappa shape index (κ2) is 8.81. The first-order chi connectivity index (χ1) is 13.7. The number of aryl methyl sites for hydroxylation is 2. The minimum absolute atomic E-state index is 0.0966. The molecular weight excluding hydrogens is 526 g/mol. The number of imide groups is 1. The molecule has 1 heterocycles. The van der Waals surface area contributed by atoms with E-state index in [0.717, 1.165) is 33.5 Å². The van der Waals surface area contributed by atoms with Gasteiger partial charge in [-0.05, 0) is 86.8 Å². The van der Waals surface area contributed by atoms with Crippen molar-refractivity contribution < 1.29 is 24.5 Å². The minimum atomic E-state index is -0.454. The number of halogens is 2. The van der Waals surface area contributed by atoms with Gasteiger partial charge in [-0.2, -0.15) is 0 Å². The van der Waals surface area contributed by atoms with Crippen molar-refractivity contribution in [3.63, 3.8) is 0 Å². The minimum Gasteiger partial charge on any atom is -0.506 e. The first-order valence-electron chi connectivity index (χ1n) is 8.54. The molecule has 0 bridgehead atoms. The van der Waals surface area contributed by atoms with E-state index in [9.17, 15) is 19.8 Å². The molecule has 2 aromatic carbocycles. The van der Waals surface area contributed by atoms with Crippen molar-refractivity contribution in [2.75, 3.05) is 13.2 Å². The molecule has 0 spiro atoms. The van der Waals surface area contributed by atoms with Crippen LogP contribution in [0.15, 0.2) is 38.1 Å². The molecule has 9 heteroatoms. The maximum atomic E-state index is 12.6. The van der Waals surface area contributed by atoms with Gasteiger partial charge in [-0.15, -0.1) is 0 Å². The summed E-state index contributed by atoms with van der Waals surface area (Å²) in [6, 6.07) is 7.31. The quantitative estimate of drug-likeness (QED) is 0.495. The summed E-state index contributed by atoms with van der Waals surface area (Å²) in [6.45, 7) is 4.18. The Bertz CT molecular complexity index is 1040. The zero-order valence-corrected chi connectivity index (χ0v) is 19.5. The fraction of sp³-hybridized carbons (Fsp3) is 0.200. The molecule has 1 fully saturated rings. The van der Waals surface area contributed by atoms with E-state index < -0.39 is 11.1 Å². The summed E-state index contributed by atoms with van der Waals surface area (Å²) in [6.07, 6.45) is 1.42. The van der Waals surface area contributed by atoms with Gasteiger partial charge in [-0.3, -0.25) is 14.5 Å². The van der Waals surface area contributed by atoms with E-state index >= 15 is 0 Å². The van der Waals surface area contributed by atoms with E-state index in [-0.39, 0.29) is 34.0 Å². The number of phenols is 2. The molecule has 6 nitrogen and oxygen atoms in total. The first kappa shape index (κ1) is 21.7. The summed E-state index contributed by atoms with van der Waals surface area (Å²) in [5, 5.41) is 19.6. The molecule has 0 saturated carbocycles. The number of ether oxygens (including phenoxy) is 1. The molecule has 1 saturated heterocycles. The lowest BCUT2D eigenvalue weighted by atomic mass is 10.1. The van der Waals surface area contributed by atoms with Crippen LogP contribution in [0.2, 0.25) is 0 Å². The van der Waals surface area contributed by atoms with E-state index in [1.807, 2.05) is 32.0 Å². The Balaban J connectivity index is 1.73. The zero-order chi connectivity index (χ0) is 21.3. The van der Waals surface area contributed by atoms with Crippen LogP contribution in [0.5, 0.6) is 17.2 Å². The standard InChI is InChI=1S/C20H17Br2NO5S/c1-10-3-4-11(2)14(7-10)28-6-5-23-19(26)15(29-20(23)27)9-12-8-13(21)18(25)16(22)17(12)24/h3-4,7-9,24-25H,5-6H2,1-2H3/b15-9-. The number of phenolic OH excluding ortho intramolecular Hbond substituents is 2. The topological polar surface area (TPSA) is 87.1 Å². The largest absolute Gasteiger partial charge is 0.506 e. The molecule has 2 N–H and O–H groups in total. The summed E-state index contributed by atoms with van der Waals surface area (Å²) >= 11 is 7.06. The lowest BCUT2D eigenvalue weighted by Crippen LogP contribution is -2.32. The van der Waals surface area contributed by atoms with E-state index in [2.05, 4.69) is 31.9 Å². The average molecular weight is 543 g/mol. The maximum absolute atomic E-state index is 12.6. The van der Waals surface area contributed by atoms with Gasteiger partial charge in [0.2, 0.25) is 0 Å². The number of carbonyl (C=O) groups is 2. The number of hydrogen-bond acceptors (Lipinski definition) is 6. The molecule has 152 valence electrons. The normalized spacial score (nSPS) is 15.4. The second-order valence-corrected chi connectivity index (χ2v) is 9.05. The van der Waals surface area contributed by atoms with Crippen LogP contribution in [0, 0.1) is 13.8 Å². The number of hydrogen-bond donors (Lipinski definition) is 2. The highest BCUT2D eigenvalue weighted by atomic mass is 79.9. The third-order valence-electron chi connectivity index (χ3n) is 4.27. The Labute approximate surface area is 188 Å². The molecule has 0 unspecified atom stereocenters. The summed E-state index contributed by atoms with van der Waals surface area (Å²) in [7, 11) is 0. The highest BCUT2D eigenvalue weighted by molar-refractivity contribution is 9.11. The van der Waals surface area contributed by atoms with Crippen molar-refractivity contribution in [1.82, 2.24) is 4.90 Å². The first-order valence-corrected chi connectivity index (χ1v) is 10.9. The van der Waals surface area contributed by atoms with Gasteiger partial charge in [0.25, 0.3) is 11.1 Å². The number of nitrogens with zero attached hydrogens (tertiary/aromatic N) is 1. The Morgan fingerprint density at radius 1 is 1.14 bits per heavy atom. The van der Waals surface area contributed by atoms with Gasteiger partial charge >= 0.3 is 0 Å². The zero-order valence-electron chi connectivity index (χ0n) is 15.5. The van der Waals surface area contributed by atoms with Crippen molar-refractivity contribution in [3.8, 4) is 17.2 Å². The third kappa shape index (κ3) is 4.62. The van der Waals surface area contributed by atoms with Crippen molar-refractivity contribution >= 4 is 60.8 Å². The third-order valence-corrected chi connectivity index (χ3v) is 6.54. The van der Waals surface area contributed by atoms with Crippen LogP contribution in [-0.2, 0) is 4.79 Å². The Morgan fingerprint density at radius 3 is 2.59 bits per heavy atom. The number of amides is 2. The van der Waals surface area contributed by atoms with Gasteiger partial charge in [0, 0.05) is 5.56 Å². The SMILES string of the molecule is Cc1ccc(C)c(OCCN2C(=O)S/C(=C\c3cc(Br)c(O)c(Br)c3O)C2=O)c1. The second-order valence-electron chi connectivity index (χ2n) is 6.41. The molecular formula is C20H17Br2NO5S. The van der Waals surface area contributed by atoms with Gasteiger partial charge in [-0.1, -0.05) is 12.1 Å². The smallest absolute Gasteiger partial charge is 0.293 e. The van der Waals surface area contributed by atoms with Gasteiger partial charge in [0.05, 0.1) is 15.9 Å². The van der Waals surface area contributed by atoms with Crippen LogP contribution in [0.3, 0.4) is 0 Å². The predicted octanol–water partition coefficient (Wildman–Crippen LogP) is 5.35. The Kier molecular flexibility index (Phi) is 6.60. The average Bonchev–Trinajstić information content (AvgIpc) is 2.94. The maximum Gasteiger partial charge on any atom is 0.293 e. The lowest BCUT2D eigenvalue weighted by molar-refractivity contribution is -0.123. The number of carbonyl (C=O) groups excluding carboxylic acids is 2. The Morgan fingerprint density at radius 2 is 1.86 bits per heavy atom. The highest BCUT2D eigenvalue weighted by Crippen LogP contribution is 2.43. The number of thioether (sulfide) groups is 1. The molecule has 0 aliphatic carbocycles. The van der Waals surface area contributed by atoms with Gasteiger partial charge in [-0.25, -0.2) is 0 Å². The Hall–Kier alpha value is -1.97. The molecule has 1 aliphatic rings. The number of benzene rings is 2. The lowest BCUT2D eigenvalue weighted by Gasteiger charge is -2.14. The molecule has 29 heavy (non-hydrogen) atoms. The number of aromatic hydroxyl groups is 2. The predicted molar refractivity (Wildman–Crippen MR) is 119 cm³/mol. The van der Waals surface area contributed by atoms with Crippen LogP contribution < -0.4 is 4.74 Å². The van der Waals surface area contributed by atoms with Crippen LogP contribution in [0.25, 0.3) is 6.08 Å². The van der Waals surface area contributed by atoms with Crippen molar-refractivity contribution in [2.45, 2.75) is 13.8 Å². The highest BCUT2D eigenvalue weighted by Gasteiger charge is 2.35. The van der Waals surface area contributed by atoms with Crippen LogP contribution in [0.1, 0.15) is 16.7 Å². The van der Waals surface area contributed by atoms with Crippen LogP contribution in [-0.4, -0.2) is 39.4 Å². The van der Waals surface area contributed by atoms with Gasteiger partial charge < -0.3 is 14.9 Å². The van der Waals surface area contributed by atoms with E-state index in [1.165, 1.54) is 12.1 Å². The number of rotatable bonds is 5. The fourth-order valence-electron chi connectivity index (χ4n) is 2.67. The van der Waals surface area contributed by atoms with E-state index in [4.69, 9.17) is 4.74 Å². The molecule has 0 atom stereocenters. The van der Waals surface area contributed by atoms with Crippen molar-refractivity contribution in [3.05, 3.63) is 54.8 Å². The van der Waals surface area contributed by atoms with Crippen molar-refractivity contribution in [1.29, 1.82) is 0 Å². The van der Waals surface area contributed by atoms with Gasteiger partial charge in [0.15, 0.2) is 0 Å². The molecule has 2 amide bonds. The molecule has 0 aromatic heterocycles. The molecule has 2 aromatic rings.